The smallest absolute Gasteiger partial charge is 0.123 e. The highest BCUT2D eigenvalue weighted by Crippen LogP contribution is 2.29. The summed E-state index contributed by atoms with van der Waals surface area (Å²) in [7, 11) is 0. The third-order valence-electron chi connectivity index (χ3n) is 2.82. The van der Waals surface area contributed by atoms with E-state index in [1.54, 1.807) is 12.1 Å². The van der Waals surface area contributed by atoms with Gasteiger partial charge in [0.25, 0.3) is 0 Å². The fourth-order valence-corrected chi connectivity index (χ4v) is 1.88. The largest absolute Gasteiger partial charge is 0.381 e. The number of hydrogen-bond donors (Lipinski definition) is 0. The molecule has 0 bridgehead atoms. The summed E-state index contributed by atoms with van der Waals surface area (Å²) < 4.78 is 32.0. The minimum absolute atomic E-state index is 0.279. The van der Waals surface area contributed by atoms with Gasteiger partial charge < -0.3 is 4.74 Å². The van der Waals surface area contributed by atoms with Crippen LogP contribution in [0.25, 0.3) is 0 Å². The van der Waals surface area contributed by atoms with E-state index in [0.717, 1.165) is 5.56 Å². The first-order valence-corrected chi connectivity index (χ1v) is 5.19. The van der Waals surface area contributed by atoms with E-state index in [4.69, 9.17) is 4.74 Å². The average molecular weight is 212 g/mol. The number of alkyl halides is 1. The van der Waals surface area contributed by atoms with E-state index in [1.807, 2.05) is 0 Å². The van der Waals surface area contributed by atoms with Crippen molar-refractivity contribution in [3.8, 4) is 0 Å². The van der Waals surface area contributed by atoms with E-state index >= 15 is 0 Å². The first-order chi connectivity index (χ1) is 7.18. The average Bonchev–Trinajstić information content (AvgIpc) is 2.22. The van der Waals surface area contributed by atoms with Crippen molar-refractivity contribution in [2.24, 2.45) is 0 Å². The predicted octanol–water partition coefficient (Wildman–Crippen LogP) is 2.89. The molecule has 1 nitrogen and oxygen atoms in total. The van der Waals surface area contributed by atoms with E-state index in [1.165, 1.54) is 12.1 Å². The zero-order chi connectivity index (χ0) is 10.7. The molecule has 82 valence electrons. The standard InChI is InChI=1S/C12H14F2O/c13-11-3-1-10(2-4-11)9-12(14)5-7-15-8-6-12/h1-4H,5-9H2. The van der Waals surface area contributed by atoms with Gasteiger partial charge in [-0.2, -0.15) is 0 Å². The Balaban J connectivity index is 2.03. The van der Waals surface area contributed by atoms with E-state index in [-0.39, 0.29) is 5.82 Å². The highest BCUT2D eigenvalue weighted by molar-refractivity contribution is 5.18. The molecule has 1 aliphatic rings. The third-order valence-corrected chi connectivity index (χ3v) is 2.82. The lowest BCUT2D eigenvalue weighted by Gasteiger charge is -2.29. The van der Waals surface area contributed by atoms with Crippen molar-refractivity contribution in [1.82, 2.24) is 0 Å². The Morgan fingerprint density at radius 3 is 2.33 bits per heavy atom. The Morgan fingerprint density at radius 2 is 1.73 bits per heavy atom. The zero-order valence-corrected chi connectivity index (χ0v) is 8.51. The fourth-order valence-electron chi connectivity index (χ4n) is 1.88. The SMILES string of the molecule is Fc1ccc(CC2(F)CCOCC2)cc1. The van der Waals surface area contributed by atoms with Gasteiger partial charge in [-0.1, -0.05) is 12.1 Å². The molecule has 1 aromatic carbocycles. The summed E-state index contributed by atoms with van der Waals surface area (Å²) in [6.07, 6.45) is 1.23. The highest BCUT2D eigenvalue weighted by atomic mass is 19.1. The van der Waals surface area contributed by atoms with Gasteiger partial charge in [0.05, 0.1) is 0 Å². The summed E-state index contributed by atoms with van der Waals surface area (Å²) in [6.45, 7) is 0.968. The van der Waals surface area contributed by atoms with Crippen LogP contribution in [0.1, 0.15) is 18.4 Å². The molecule has 15 heavy (non-hydrogen) atoms. The summed E-state index contributed by atoms with van der Waals surface area (Å²) in [5.41, 5.74) is -0.323. The van der Waals surface area contributed by atoms with Crippen molar-refractivity contribution >= 4 is 0 Å². The van der Waals surface area contributed by atoms with Gasteiger partial charge in [0, 0.05) is 32.5 Å². The maximum Gasteiger partial charge on any atom is 0.123 e. The van der Waals surface area contributed by atoms with E-state index in [0.29, 0.717) is 32.5 Å². The van der Waals surface area contributed by atoms with Gasteiger partial charge in [-0.3, -0.25) is 0 Å². The molecule has 0 atom stereocenters. The van der Waals surface area contributed by atoms with Crippen molar-refractivity contribution in [3.63, 3.8) is 0 Å². The molecule has 0 radical (unpaired) electrons. The molecule has 1 heterocycles. The van der Waals surface area contributed by atoms with Crippen LogP contribution in [0.3, 0.4) is 0 Å². The molecular weight excluding hydrogens is 198 g/mol. The van der Waals surface area contributed by atoms with Crippen molar-refractivity contribution in [3.05, 3.63) is 35.6 Å². The van der Waals surface area contributed by atoms with Crippen LogP contribution in [0.5, 0.6) is 0 Å². The van der Waals surface area contributed by atoms with Crippen LogP contribution in [0, 0.1) is 5.82 Å². The number of benzene rings is 1. The Labute approximate surface area is 88.1 Å². The summed E-state index contributed by atoms with van der Waals surface area (Å²) in [6, 6.07) is 6.04. The van der Waals surface area contributed by atoms with Gasteiger partial charge in [0.2, 0.25) is 0 Å². The maximum absolute atomic E-state index is 14.2. The number of ether oxygens (including phenoxy) is 1. The molecule has 0 spiro atoms. The van der Waals surface area contributed by atoms with Crippen LogP contribution in [0.4, 0.5) is 8.78 Å². The lowest BCUT2D eigenvalue weighted by atomic mass is 9.89. The van der Waals surface area contributed by atoms with Gasteiger partial charge >= 0.3 is 0 Å². The lowest BCUT2D eigenvalue weighted by Crippen LogP contribution is -2.33. The molecule has 0 unspecified atom stereocenters. The number of rotatable bonds is 2. The molecule has 1 saturated heterocycles. The molecule has 0 N–H and O–H groups in total. The van der Waals surface area contributed by atoms with Crippen LogP contribution in [-0.2, 0) is 11.2 Å². The first-order valence-electron chi connectivity index (χ1n) is 5.19. The molecular formula is C12H14F2O. The van der Waals surface area contributed by atoms with Crippen molar-refractivity contribution in [2.45, 2.75) is 24.9 Å². The molecule has 0 aliphatic carbocycles. The van der Waals surface area contributed by atoms with Crippen LogP contribution >= 0.6 is 0 Å². The number of halogens is 2. The molecule has 2 rings (SSSR count). The molecule has 0 amide bonds. The van der Waals surface area contributed by atoms with Crippen molar-refractivity contribution in [2.75, 3.05) is 13.2 Å². The third kappa shape index (κ3) is 2.75. The minimum Gasteiger partial charge on any atom is -0.381 e. The summed E-state index contributed by atoms with van der Waals surface area (Å²) in [5, 5.41) is 0. The summed E-state index contributed by atoms with van der Waals surface area (Å²) in [5.74, 6) is -0.279. The Hall–Kier alpha value is -0.960. The van der Waals surface area contributed by atoms with E-state index < -0.39 is 5.67 Å². The summed E-state index contributed by atoms with van der Waals surface area (Å²) in [4.78, 5) is 0. The molecule has 0 saturated carbocycles. The van der Waals surface area contributed by atoms with Crippen LogP contribution in [0.15, 0.2) is 24.3 Å². The van der Waals surface area contributed by atoms with Crippen LogP contribution < -0.4 is 0 Å². The topological polar surface area (TPSA) is 9.23 Å². The molecule has 1 aliphatic heterocycles. The Bertz CT molecular complexity index is 315. The second-order valence-electron chi connectivity index (χ2n) is 4.07. The second-order valence-corrected chi connectivity index (χ2v) is 4.07. The quantitative estimate of drug-likeness (QED) is 0.732. The van der Waals surface area contributed by atoms with Gasteiger partial charge in [-0.15, -0.1) is 0 Å². The molecule has 0 aromatic heterocycles. The molecule has 1 aromatic rings. The highest BCUT2D eigenvalue weighted by Gasteiger charge is 2.32. The second kappa shape index (κ2) is 4.27. The van der Waals surface area contributed by atoms with E-state index in [9.17, 15) is 8.78 Å². The number of hydrogen-bond acceptors (Lipinski definition) is 1. The zero-order valence-electron chi connectivity index (χ0n) is 8.51. The minimum atomic E-state index is -1.17. The first kappa shape index (κ1) is 10.6. The monoisotopic (exact) mass is 212 g/mol. The van der Waals surface area contributed by atoms with Crippen LogP contribution in [-0.4, -0.2) is 18.9 Å². The van der Waals surface area contributed by atoms with Gasteiger partial charge in [-0.05, 0) is 17.7 Å². The van der Waals surface area contributed by atoms with E-state index in [2.05, 4.69) is 0 Å². The predicted molar refractivity (Wildman–Crippen MR) is 54.0 cm³/mol. The Kier molecular flexibility index (Phi) is 3.00. The van der Waals surface area contributed by atoms with Gasteiger partial charge in [-0.25, -0.2) is 8.78 Å². The maximum atomic E-state index is 14.2. The lowest BCUT2D eigenvalue weighted by molar-refractivity contribution is -0.00816. The molecule has 1 fully saturated rings. The van der Waals surface area contributed by atoms with Crippen molar-refractivity contribution in [1.29, 1.82) is 0 Å². The molecule has 3 heteroatoms. The fraction of sp³-hybridized carbons (Fsp3) is 0.500. The normalized spacial score (nSPS) is 20.1. The van der Waals surface area contributed by atoms with Gasteiger partial charge in [0.15, 0.2) is 0 Å². The Morgan fingerprint density at radius 1 is 1.13 bits per heavy atom. The van der Waals surface area contributed by atoms with Gasteiger partial charge in [0.1, 0.15) is 11.5 Å². The van der Waals surface area contributed by atoms with Crippen molar-refractivity contribution < 1.29 is 13.5 Å². The summed E-state index contributed by atoms with van der Waals surface area (Å²) >= 11 is 0. The van der Waals surface area contributed by atoms with Crippen LogP contribution in [0.2, 0.25) is 0 Å².